The number of ether oxygens (including phenoxy) is 2. The molecule has 1 heterocycles. The SMILES string of the molecule is OCc1ccc(OC2CCCCO2)cc1. The third-order valence-electron chi connectivity index (χ3n) is 2.51. The fraction of sp³-hybridized carbons (Fsp3) is 0.500. The van der Waals surface area contributed by atoms with Crippen LogP contribution in [0.5, 0.6) is 5.75 Å². The summed E-state index contributed by atoms with van der Waals surface area (Å²) in [5.41, 5.74) is 0.895. The molecule has 2 rings (SSSR count). The van der Waals surface area contributed by atoms with Crippen LogP contribution in [-0.2, 0) is 11.3 Å². The lowest BCUT2D eigenvalue weighted by molar-refractivity contribution is -0.105. The summed E-state index contributed by atoms with van der Waals surface area (Å²) in [5.74, 6) is 0.805. The summed E-state index contributed by atoms with van der Waals surface area (Å²) >= 11 is 0. The zero-order valence-corrected chi connectivity index (χ0v) is 8.69. The van der Waals surface area contributed by atoms with Gasteiger partial charge < -0.3 is 14.6 Å². The molecule has 3 nitrogen and oxygen atoms in total. The van der Waals surface area contributed by atoms with E-state index >= 15 is 0 Å². The van der Waals surface area contributed by atoms with Gasteiger partial charge >= 0.3 is 0 Å². The Morgan fingerprint density at radius 1 is 1.27 bits per heavy atom. The van der Waals surface area contributed by atoms with Crippen molar-refractivity contribution in [2.24, 2.45) is 0 Å². The fourth-order valence-electron chi connectivity index (χ4n) is 1.63. The summed E-state index contributed by atoms with van der Waals surface area (Å²) in [4.78, 5) is 0. The molecule has 0 aliphatic carbocycles. The molecule has 3 heteroatoms. The molecule has 1 aromatic carbocycles. The molecule has 0 bridgehead atoms. The summed E-state index contributed by atoms with van der Waals surface area (Å²) in [6.07, 6.45) is 3.16. The van der Waals surface area contributed by atoms with Crippen molar-refractivity contribution in [1.29, 1.82) is 0 Å². The molecule has 1 saturated heterocycles. The summed E-state index contributed by atoms with van der Waals surface area (Å²) in [6.45, 7) is 0.861. The smallest absolute Gasteiger partial charge is 0.199 e. The maximum Gasteiger partial charge on any atom is 0.199 e. The Hall–Kier alpha value is -1.06. The van der Waals surface area contributed by atoms with Gasteiger partial charge in [0.15, 0.2) is 6.29 Å². The van der Waals surface area contributed by atoms with E-state index in [4.69, 9.17) is 14.6 Å². The van der Waals surface area contributed by atoms with Gasteiger partial charge in [-0.05, 0) is 30.5 Å². The van der Waals surface area contributed by atoms with Gasteiger partial charge in [0.2, 0.25) is 0 Å². The molecule has 82 valence electrons. The lowest BCUT2D eigenvalue weighted by Gasteiger charge is -2.23. The topological polar surface area (TPSA) is 38.7 Å². The van der Waals surface area contributed by atoms with Crippen molar-refractivity contribution in [3.05, 3.63) is 29.8 Å². The van der Waals surface area contributed by atoms with E-state index in [1.54, 1.807) is 0 Å². The van der Waals surface area contributed by atoms with Crippen LogP contribution in [0.3, 0.4) is 0 Å². The Kier molecular flexibility index (Phi) is 3.59. The second-order valence-corrected chi connectivity index (χ2v) is 3.72. The van der Waals surface area contributed by atoms with E-state index < -0.39 is 0 Å². The minimum Gasteiger partial charge on any atom is -0.465 e. The molecule has 1 aliphatic rings. The number of rotatable bonds is 3. The fourth-order valence-corrected chi connectivity index (χ4v) is 1.63. The zero-order valence-electron chi connectivity index (χ0n) is 8.69. The first-order valence-corrected chi connectivity index (χ1v) is 5.36. The summed E-state index contributed by atoms with van der Waals surface area (Å²) in [7, 11) is 0. The van der Waals surface area contributed by atoms with Crippen molar-refractivity contribution in [1.82, 2.24) is 0 Å². The molecule has 0 amide bonds. The van der Waals surface area contributed by atoms with E-state index in [9.17, 15) is 0 Å². The molecule has 0 saturated carbocycles. The van der Waals surface area contributed by atoms with Crippen molar-refractivity contribution in [3.8, 4) is 5.75 Å². The van der Waals surface area contributed by atoms with Crippen molar-refractivity contribution in [2.45, 2.75) is 32.2 Å². The highest BCUT2D eigenvalue weighted by molar-refractivity contribution is 5.26. The van der Waals surface area contributed by atoms with Crippen LogP contribution in [0.25, 0.3) is 0 Å². The number of hydrogen-bond donors (Lipinski definition) is 1. The maximum atomic E-state index is 8.88. The van der Waals surface area contributed by atoms with E-state index in [2.05, 4.69) is 0 Å². The molecular formula is C12H16O3. The van der Waals surface area contributed by atoms with Gasteiger partial charge in [-0.2, -0.15) is 0 Å². The molecule has 1 aliphatic heterocycles. The van der Waals surface area contributed by atoms with E-state index in [1.807, 2.05) is 24.3 Å². The zero-order chi connectivity index (χ0) is 10.5. The van der Waals surface area contributed by atoms with Gasteiger partial charge in [-0.1, -0.05) is 12.1 Å². The molecule has 0 radical (unpaired) electrons. The number of aliphatic hydroxyl groups excluding tert-OH is 1. The van der Waals surface area contributed by atoms with E-state index in [1.165, 1.54) is 6.42 Å². The van der Waals surface area contributed by atoms with Gasteiger partial charge in [0.05, 0.1) is 13.2 Å². The second kappa shape index (κ2) is 5.14. The second-order valence-electron chi connectivity index (χ2n) is 3.72. The average Bonchev–Trinajstić information content (AvgIpc) is 2.31. The molecule has 1 atom stereocenters. The summed E-state index contributed by atoms with van der Waals surface area (Å²) in [5, 5.41) is 8.88. The van der Waals surface area contributed by atoms with Crippen LogP contribution >= 0.6 is 0 Å². The predicted molar refractivity (Wildman–Crippen MR) is 56.6 cm³/mol. The first kappa shape index (κ1) is 10.5. The minimum atomic E-state index is -0.0984. The Bertz CT molecular complexity index is 288. The Labute approximate surface area is 89.6 Å². The number of hydrogen-bond acceptors (Lipinski definition) is 3. The van der Waals surface area contributed by atoms with Gasteiger partial charge in [-0.3, -0.25) is 0 Å². The van der Waals surface area contributed by atoms with Gasteiger partial charge in [0, 0.05) is 6.42 Å². The molecule has 15 heavy (non-hydrogen) atoms. The van der Waals surface area contributed by atoms with Crippen molar-refractivity contribution in [3.63, 3.8) is 0 Å². The Morgan fingerprint density at radius 3 is 2.67 bits per heavy atom. The molecule has 1 N–H and O–H groups in total. The average molecular weight is 208 g/mol. The third kappa shape index (κ3) is 2.94. The maximum absolute atomic E-state index is 8.88. The van der Waals surface area contributed by atoms with E-state index in [0.717, 1.165) is 30.8 Å². The normalized spacial score (nSPS) is 21.3. The minimum absolute atomic E-state index is 0.0697. The highest BCUT2D eigenvalue weighted by Gasteiger charge is 2.14. The molecule has 1 fully saturated rings. The van der Waals surface area contributed by atoms with Crippen molar-refractivity contribution in [2.75, 3.05) is 6.61 Å². The van der Waals surface area contributed by atoms with Crippen LogP contribution in [0, 0.1) is 0 Å². The highest BCUT2D eigenvalue weighted by atomic mass is 16.7. The number of aliphatic hydroxyl groups is 1. The van der Waals surface area contributed by atoms with Gasteiger partial charge in [0.25, 0.3) is 0 Å². The molecular weight excluding hydrogens is 192 g/mol. The summed E-state index contributed by atoms with van der Waals surface area (Å²) in [6, 6.07) is 7.45. The van der Waals surface area contributed by atoms with Gasteiger partial charge in [0.1, 0.15) is 5.75 Å². The molecule has 1 unspecified atom stereocenters. The van der Waals surface area contributed by atoms with E-state index in [-0.39, 0.29) is 12.9 Å². The van der Waals surface area contributed by atoms with Crippen LogP contribution < -0.4 is 4.74 Å². The van der Waals surface area contributed by atoms with Crippen LogP contribution in [0.15, 0.2) is 24.3 Å². The third-order valence-corrected chi connectivity index (χ3v) is 2.51. The lowest BCUT2D eigenvalue weighted by Crippen LogP contribution is -2.24. The van der Waals surface area contributed by atoms with Gasteiger partial charge in [-0.25, -0.2) is 0 Å². The first-order valence-electron chi connectivity index (χ1n) is 5.36. The monoisotopic (exact) mass is 208 g/mol. The molecule has 1 aromatic rings. The highest BCUT2D eigenvalue weighted by Crippen LogP contribution is 2.19. The molecule has 0 spiro atoms. The quantitative estimate of drug-likeness (QED) is 0.826. The van der Waals surface area contributed by atoms with Gasteiger partial charge in [-0.15, -0.1) is 0 Å². The number of benzene rings is 1. The van der Waals surface area contributed by atoms with Crippen molar-refractivity contribution < 1.29 is 14.6 Å². The first-order chi connectivity index (χ1) is 7.38. The standard InChI is InChI=1S/C12H16O3/c13-9-10-4-6-11(7-5-10)15-12-3-1-2-8-14-12/h4-7,12-13H,1-3,8-9H2. The molecule has 0 aromatic heterocycles. The van der Waals surface area contributed by atoms with Crippen LogP contribution in [-0.4, -0.2) is 18.0 Å². The van der Waals surface area contributed by atoms with Crippen LogP contribution in [0.1, 0.15) is 24.8 Å². The van der Waals surface area contributed by atoms with Crippen molar-refractivity contribution >= 4 is 0 Å². The lowest BCUT2D eigenvalue weighted by atomic mass is 10.2. The van der Waals surface area contributed by atoms with E-state index in [0.29, 0.717) is 0 Å². The largest absolute Gasteiger partial charge is 0.465 e. The Morgan fingerprint density at radius 2 is 2.07 bits per heavy atom. The predicted octanol–water partition coefficient (Wildman–Crippen LogP) is 2.08. The summed E-state index contributed by atoms with van der Waals surface area (Å²) < 4.78 is 11.1. The Balaban J connectivity index is 1.91. The van der Waals surface area contributed by atoms with Crippen LogP contribution in [0.4, 0.5) is 0 Å². The van der Waals surface area contributed by atoms with Crippen LogP contribution in [0.2, 0.25) is 0 Å².